The van der Waals surface area contributed by atoms with Gasteiger partial charge in [0.15, 0.2) is 0 Å². The number of carbonyl (C=O) groups is 1. The minimum Gasteiger partial charge on any atom is -0.481 e. The fourth-order valence-electron chi connectivity index (χ4n) is 0.921. The lowest BCUT2D eigenvalue weighted by Crippen LogP contribution is -2.21. The maximum atomic E-state index is 10.6. The van der Waals surface area contributed by atoms with Crippen LogP contribution in [0.2, 0.25) is 0 Å². The normalized spacial score (nSPS) is 13.3. The molecule has 0 aliphatic rings. The van der Waals surface area contributed by atoms with Gasteiger partial charge in [-0.3, -0.25) is 4.79 Å². The highest BCUT2D eigenvalue weighted by Crippen LogP contribution is 2.17. The van der Waals surface area contributed by atoms with Crippen LogP contribution >= 0.6 is 8.58 Å². The monoisotopic (exact) mass is 198 g/mol. The third-order valence-corrected chi connectivity index (χ3v) is 3.04. The van der Waals surface area contributed by atoms with Gasteiger partial charge < -0.3 is 10.2 Å². The van der Waals surface area contributed by atoms with E-state index in [0.717, 1.165) is 5.30 Å². The first-order valence-corrected chi connectivity index (χ1v) is 4.97. The second-order valence-corrected chi connectivity index (χ2v) is 4.15. The van der Waals surface area contributed by atoms with Crippen molar-refractivity contribution >= 4 is 19.9 Å². The molecule has 0 heterocycles. The van der Waals surface area contributed by atoms with Gasteiger partial charge in [0.25, 0.3) is 0 Å². The molecule has 4 heteroatoms. The summed E-state index contributed by atoms with van der Waals surface area (Å²) in [6.45, 7) is -0.303. The summed E-state index contributed by atoms with van der Waals surface area (Å²) in [7, 11) is 0.126. The Morgan fingerprint density at radius 1 is 1.38 bits per heavy atom. The lowest BCUT2D eigenvalue weighted by Gasteiger charge is -2.08. The number of carboxylic acids is 1. The van der Waals surface area contributed by atoms with Gasteiger partial charge in [-0.05, 0) is 5.30 Å². The first-order chi connectivity index (χ1) is 6.24. The fourth-order valence-corrected chi connectivity index (χ4v) is 1.92. The van der Waals surface area contributed by atoms with Gasteiger partial charge in [0.05, 0.1) is 6.61 Å². The number of aliphatic hydroxyl groups excluding tert-OH is 1. The SMILES string of the molecule is O=C(O)C(CO)Pc1ccccc1. The summed E-state index contributed by atoms with van der Waals surface area (Å²) in [6, 6.07) is 9.33. The molecule has 13 heavy (non-hydrogen) atoms. The molecule has 0 fully saturated rings. The van der Waals surface area contributed by atoms with Crippen LogP contribution in [-0.2, 0) is 4.79 Å². The lowest BCUT2D eigenvalue weighted by atomic mass is 10.4. The highest BCUT2D eigenvalue weighted by atomic mass is 31.1. The highest BCUT2D eigenvalue weighted by molar-refractivity contribution is 7.49. The van der Waals surface area contributed by atoms with E-state index in [1.165, 1.54) is 0 Å². The molecule has 0 saturated carbocycles. The first-order valence-electron chi connectivity index (χ1n) is 3.89. The first kappa shape index (κ1) is 10.2. The van der Waals surface area contributed by atoms with Crippen LogP contribution in [0.1, 0.15) is 0 Å². The van der Waals surface area contributed by atoms with Crippen molar-refractivity contribution in [2.24, 2.45) is 0 Å². The van der Waals surface area contributed by atoms with Crippen LogP contribution in [0.25, 0.3) is 0 Å². The number of hydrogen-bond acceptors (Lipinski definition) is 2. The molecule has 0 bridgehead atoms. The zero-order valence-electron chi connectivity index (χ0n) is 6.97. The number of rotatable bonds is 4. The van der Waals surface area contributed by atoms with Crippen molar-refractivity contribution < 1.29 is 15.0 Å². The molecule has 1 rings (SSSR count). The Morgan fingerprint density at radius 2 is 2.00 bits per heavy atom. The number of aliphatic hydroxyl groups is 1. The van der Waals surface area contributed by atoms with Crippen molar-refractivity contribution in [3.8, 4) is 0 Å². The second-order valence-electron chi connectivity index (χ2n) is 2.58. The van der Waals surface area contributed by atoms with E-state index in [9.17, 15) is 4.79 Å². The van der Waals surface area contributed by atoms with Gasteiger partial charge in [-0.25, -0.2) is 0 Å². The van der Waals surface area contributed by atoms with Crippen LogP contribution in [0, 0.1) is 0 Å². The smallest absolute Gasteiger partial charge is 0.313 e. The maximum Gasteiger partial charge on any atom is 0.313 e. The van der Waals surface area contributed by atoms with E-state index < -0.39 is 11.6 Å². The van der Waals surface area contributed by atoms with Crippen LogP contribution in [0.15, 0.2) is 30.3 Å². The predicted molar refractivity (Wildman–Crippen MR) is 52.9 cm³/mol. The molecule has 2 N–H and O–H groups in total. The molecule has 1 aromatic rings. The van der Waals surface area contributed by atoms with Gasteiger partial charge in [0, 0.05) is 0 Å². The Kier molecular flexibility index (Phi) is 3.87. The molecule has 70 valence electrons. The van der Waals surface area contributed by atoms with E-state index in [2.05, 4.69) is 0 Å². The van der Waals surface area contributed by atoms with Gasteiger partial charge in [-0.2, -0.15) is 0 Å². The topological polar surface area (TPSA) is 57.5 Å². The molecule has 0 radical (unpaired) electrons. The maximum absolute atomic E-state index is 10.6. The summed E-state index contributed by atoms with van der Waals surface area (Å²) in [4.78, 5) is 10.6. The van der Waals surface area contributed by atoms with Crippen LogP contribution in [0.3, 0.4) is 0 Å². The molecule has 0 saturated heterocycles. The molecule has 0 spiro atoms. The van der Waals surface area contributed by atoms with Crippen molar-refractivity contribution in [3.63, 3.8) is 0 Å². The second kappa shape index (κ2) is 4.95. The average Bonchev–Trinajstić information content (AvgIpc) is 2.15. The van der Waals surface area contributed by atoms with Crippen molar-refractivity contribution in [1.82, 2.24) is 0 Å². The molecule has 0 amide bonds. The summed E-state index contributed by atoms with van der Waals surface area (Å²) in [5.74, 6) is -0.940. The molecule has 0 aliphatic heterocycles. The van der Waals surface area contributed by atoms with E-state index in [1.54, 1.807) is 0 Å². The Labute approximate surface area is 78.2 Å². The third kappa shape index (κ3) is 3.13. The predicted octanol–water partition coefficient (Wildman–Crippen LogP) is 0.436. The van der Waals surface area contributed by atoms with Gasteiger partial charge in [0.2, 0.25) is 0 Å². The average molecular weight is 198 g/mol. The van der Waals surface area contributed by atoms with Gasteiger partial charge in [-0.15, -0.1) is 0 Å². The molecule has 2 unspecified atom stereocenters. The zero-order chi connectivity index (χ0) is 9.68. The van der Waals surface area contributed by atoms with Crippen LogP contribution < -0.4 is 5.30 Å². The standard InChI is InChI=1S/C9H11O3P/c10-6-8(9(11)12)13-7-4-2-1-3-5-7/h1-5,8,10,13H,6H2,(H,11,12). The molecule has 0 aliphatic carbocycles. The summed E-state index contributed by atoms with van der Waals surface area (Å²) in [5.41, 5.74) is -0.664. The molecule has 0 aromatic heterocycles. The fraction of sp³-hybridized carbons (Fsp3) is 0.222. The minimum absolute atomic E-state index is 0.126. The van der Waals surface area contributed by atoms with E-state index in [-0.39, 0.29) is 15.2 Å². The molecule has 3 nitrogen and oxygen atoms in total. The highest BCUT2D eigenvalue weighted by Gasteiger charge is 2.15. The van der Waals surface area contributed by atoms with Crippen LogP contribution in [0.4, 0.5) is 0 Å². The molecular formula is C9H11O3P. The van der Waals surface area contributed by atoms with Crippen LogP contribution in [-0.4, -0.2) is 28.4 Å². The number of hydrogen-bond donors (Lipinski definition) is 2. The Bertz CT molecular complexity index is 273. The summed E-state index contributed by atoms with van der Waals surface area (Å²) >= 11 is 0. The van der Waals surface area contributed by atoms with E-state index in [0.29, 0.717) is 0 Å². The van der Waals surface area contributed by atoms with Gasteiger partial charge >= 0.3 is 5.97 Å². The quantitative estimate of drug-likeness (QED) is 0.690. The van der Waals surface area contributed by atoms with Crippen molar-refractivity contribution in [2.45, 2.75) is 5.66 Å². The van der Waals surface area contributed by atoms with E-state index in [4.69, 9.17) is 10.2 Å². The molecule has 2 atom stereocenters. The van der Waals surface area contributed by atoms with Crippen molar-refractivity contribution in [2.75, 3.05) is 6.61 Å². The summed E-state index contributed by atoms with van der Waals surface area (Å²) in [5, 5.41) is 18.4. The van der Waals surface area contributed by atoms with Crippen molar-refractivity contribution in [3.05, 3.63) is 30.3 Å². The van der Waals surface area contributed by atoms with Crippen molar-refractivity contribution in [1.29, 1.82) is 0 Å². The van der Waals surface area contributed by atoms with Crippen LogP contribution in [0.5, 0.6) is 0 Å². The Morgan fingerprint density at radius 3 is 2.46 bits per heavy atom. The van der Waals surface area contributed by atoms with Gasteiger partial charge in [0.1, 0.15) is 5.66 Å². The summed E-state index contributed by atoms with van der Waals surface area (Å²) in [6.07, 6.45) is 0. The van der Waals surface area contributed by atoms with E-state index in [1.807, 2.05) is 30.3 Å². The number of benzene rings is 1. The minimum atomic E-state index is -0.940. The van der Waals surface area contributed by atoms with E-state index >= 15 is 0 Å². The largest absolute Gasteiger partial charge is 0.481 e. The lowest BCUT2D eigenvalue weighted by molar-refractivity contribution is -0.137. The zero-order valence-corrected chi connectivity index (χ0v) is 7.97. The Hall–Kier alpha value is -0.920. The van der Waals surface area contributed by atoms with Gasteiger partial charge in [-0.1, -0.05) is 38.9 Å². The molecular weight excluding hydrogens is 187 g/mol. The molecule has 1 aromatic carbocycles. The third-order valence-electron chi connectivity index (χ3n) is 1.60. The Balaban J connectivity index is 2.62. The summed E-state index contributed by atoms with van der Waals surface area (Å²) < 4.78 is 0. The number of aliphatic carboxylic acids is 1. The number of carboxylic acid groups (broad SMARTS) is 1.